The molecule has 1 aliphatic heterocycles. The van der Waals surface area contributed by atoms with Gasteiger partial charge in [-0.1, -0.05) is 17.7 Å². The minimum Gasteiger partial charge on any atom is -0.462 e. The molecule has 3 heteroatoms. The molecule has 0 aromatic heterocycles. The van der Waals surface area contributed by atoms with Crippen molar-refractivity contribution in [3.63, 3.8) is 0 Å². The Morgan fingerprint density at radius 2 is 2.33 bits per heavy atom. The highest BCUT2D eigenvalue weighted by Gasteiger charge is 2.19. The first kappa shape index (κ1) is 13.1. The van der Waals surface area contributed by atoms with Gasteiger partial charge in [0.05, 0.1) is 12.2 Å². The topological polar surface area (TPSA) is 29.5 Å². The van der Waals surface area contributed by atoms with Crippen LogP contribution in [0.5, 0.6) is 0 Å². The maximum atomic E-state index is 11.9. The number of esters is 1. The van der Waals surface area contributed by atoms with Gasteiger partial charge in [-0.2, -0.15) is 0 Å². The second-order valence-corrected chi connectivity index (χ2v) is 5.24. The third kappa shape index (κ3) is 3.57. The molecule has 0 amide bonds. The molecule has 0 N–H and O–H groups in total. The van der Waals surface area contributed by atoms with E-state index >= 15 is 0 Å². The van der Waals surface area contributed by atoms with Crippen LogP contribution in [0.3, 0.4) is 0 Å². The molecular weight excluding hydrogens is 226 g/mol. The van der Waals surface area contributed by atoms with E-state index in [4.69, 9.17) is 4.74 Å². The minimum atomic E-state index is -0.202. The maximum absolute atomic E-state index is 11.9. The highest BCUT2D eigenvalue weighted by molar-refractivity contribution is 5.89. The summed E-state index contributed by atoms with van der Waals surface area (Å²) in [7, 11) is 2.12. The van der Waals surface area contributed by atoms with Gasteiger partial charge >= 0.3 is 5.97 Å². The van der Waals surface area contributed by atoms with Gasteiger partial charge in [0, 0.05) is 12.5 Å². The fraction of sp³-hybridized carbons (Fsp3) is 0.533. The Labute approximate surface area is 109 Å². The third-order valence-corrected chi connectivity index (χ3v) is 3.43. The van der Waals surface area contributed by atoms with E-state index < -0.39 is 0 Å². The monoisotopic (exact) mass is 247 g/mol. The summed E-state index contributed by atoms with van der Waals surface area (Å²) < 4.78 is 5.41. The van der Waals surface area contributed by atoms with Gasteiger partial charge in [0.25, 0.3) is 0 Å². The average Bonchev–Trinajstić information content (AvgIpc) is 2.36. The fourth-order valence-electron chi connectivity index (χ4n) is 2.46. The van der Waals surface area contributed by atoms with E-state index in [2.05, 4.69) is 11.9 Å². The van der Waals surface area contributed by atoms with Crippen molar-refractivity contribution in [1.82, 2.24) is 4.90 Å². The summed E-state index contributed by atoms with van der Waals surface area (Å²) in [4.78, 5) is 14.2. The van der Waals surface area contributed by atoms with Crippen LogP contribution in [0.2, 0.25) is 0 Å². The fourth-order valence-corrected chi connectivity index (χ4v) is 2.46. The standard InChI is InChI=1S/C15H21NO2/c1-12-5-3-7-14(9-12)15(17)18-11-13-6-4-8-16(2)10-13/h3,5,7,9,13H,4,6,8,10-11H2,1-2H3. The number of piperidine rings is 1. The summed E-state index contributed by atoms with van der Waals surface area (Å²) >= 11 is 0. The second-order valence-electron chi connectivity index (χ2n) is 5.24. The minimum absolute atomic E-state index is 0.202. The molecule has 3 nitrogen and oxygen atoms in total. The quantitative estimate of drug-likeness (QED) is 0.769. The molecule has 1 unspecified atom stereocenters. The van der Waals surface area contributed by atoms with Crippen LogP contribution in [-0.2, 0) is 4.74 Å². The molecule has 0 saturated carbocycles. The molecule has 1 aromatic carbocycles. The molecule has 1 atom stereocenters. The summed E-state index contributed by atoms with van der Waals surface area (Å²) in [5.74, 6) is 0.282. The van der Waals surface area contributed by atoms with E-state index in [0.717, 1.165) is 25.1 Å². The van der Waals surface area contributed by atoms with Gasteiger partial charge in [0.2, 0.25) is 0 Å². The number of ether oxygens (including phenoxy) is 1. The molecule has 2 rings (SSSR count). The lowest BCUT2D eigenvalue weighted by Gasteiger charge is -2.29. The van der Waals surface area contributed by atoms with Gasteiger partial charge in [-0.15, -0.1) is 0 Å². The number of benzene rings is 1. The van der Waals surface area contributed by atoms with Crippen LogP contribution < -0.4 is 0 Å². The van der Waals surface area contributed by atoms with Crippen molar-refractivity contribution in [2.75, 3.05) is 26.7 Å². The van der Waals surface area contributed by atoms with E-state index in [1.165, 1.54) is 6.42 Å². The first-order valence-corrected chi connectivity index (χ1v) is 6.57. The maximum Gasteiger partial charge on any atom is 0.338 e. The van der Waals surface area contributed by atoms with Crippen LogP contribution in [0, 0.1) is 12.8 Å². The van der Waals surface area contributed by atoms with Crippen LogP contribution in [-0.4, -0.2) is 37.6 Å². The molecule has 1 aromatic rings. The number of nitrogens with zero attached hydrogens (tertiary/aromatic N) is 1. The van der Waals surface area contributed by atoms with Gasteiger partial charge in [-0.05, 0) is 45.5 Å². The molecule has 0 bridgehead atoms. The molecule has 0 spiro atoms. The highest BCUT2D eigenvalue weighted by Crippen LogP contribution is 2.16. The number of carbonyl (C=O) groups is 1. The highest BCUT2D eigenvalue weighted by atomic mass is 16.5. The predicted molar refractivity (Wildman–Crippen MR) is 71.7 cm³/mol. The number of hydrogen-bond donors (Lipinski definition) is 0. The molecule has 1 heterocycles. The summed E-state index contributed by atoms with van der Waals surface area (Å²) in [6.45, 7) is 4.70. The SMILES string of the molecule is Cc1cccc(C(=O)OCC2CCCN(C)C2)c1. The van der Waals surface area contributed by atoms with Crippen LogP contribution in [0.4, 0.5) is 0 Å². The number of likely N-dealkylation sites (tertiary alicyclic amines) is 1. The van der Waals surface area contributed by atoms with E-state index in [0.29, 0.717) is 18.1 Å². The predicted octanol–water partition coefficient (Wildman–Crippen LogP) is 2.49. The van der Waals surface area contributed by atoms with Crippen LogP contribution >= 0.6 is 0 Å². The third-order valence-electron chi connectivity index (χ3n) is 3.43. The van der Waals surface area contributed by atoms with Gasteiger partial charge in [0.15, 0.2) is 0 Å². The lowest BCUT2D eigenvalue weighted by Crippen LogP contribution is -2.34. The summed E-state index contributed by atoms with van der Waals surface area (Å²) in [6.07, 6.45) is 2.36. The van der Waals surface area contributed by atoms with Crippen LogP contribution in [0.25, 0.3) is 0 Å². The lowest BCUT2D eigenvalue weighted by molar-refractivity contribution is 0.0371. The molecule has 1 fully saturated rings. The number of aryl methyl sites for hydroxylation is 1. The van der Waals surface area contributed by atoms with Gasteiger partial charge in [0.1, 0.15) is 0 Å². The largest absolute Gasteiger partial charge is 0.462 e. The van der Waals surface area contributed by atoms with Crippen molar-refractivity contribution in [2.45, 2.75) is 19.8 Å². The van der Waals surface area contributed by atoms with Gasteiger partial charge in [-0.25, -0.2) is 4.79 Å². The molecule has 98 valence electrons. The molecule has 1 saturated heterocycles. The van der Waals surface area contributed by atoms with Crippen molar-refractivity contribution in [2.24, 2.45) is 5.92 Å². The Hall–Kier alpha value is -1.35. The normalized spacial score (nSPS) is 20.7. The Bertz CT molecular complexity index is 417. The van der Waals surface area contributed by atoms with E-state index in [-0.39, 0.29) is 5.97 Å². The Morgan fingerprint density at radius 1 is 1.50 bits per heavy atom. The van der Waals surface area contributed by atoms with Gasteiger partial charge in [-0.3, -0.25) is 0 Å². The van der Waals surface area contributed by atoms with E-state index in [1.807, 2.05) is 31.2 Å². The van der Waals surface area contributed by atoms with Crippen molar-refractivity contribution >= 4 is 5.97 Å². The molecule has 1 aliphatic rings. The summed E-state index contributed by atoms with van der Waals surface area (Å²) in [5.41, 5.74) is 1.74. The van der Waals surface area contributed by atoms with Crippen molar-refractivity contribution in [3.05, 3.63) is 35.4 Å². The number of hydrogen-bond acceptors (Lipinski definition) is 3. The zero-order chi connectivity index (χ0) is 13.0. The Morgan fingerprint density at radius 3 is 3.06 bits per heavy atom. The average molecular weight is 247 g/mol. The zero-order valence-electron chi connectivity index (χ0n) is 11.2. The van der Waals surface area contributed by atoms with Crippen molar-refractivity contribution < 1.29 is 9.53 Å². The lowest BCUT2D eigenvalue weighted by atomic mass is 9.99. The smallest absolute Gasteiger partial charge is 0.338 e. The van der Waals surface area contributed by atoms with Crippen LogP contribution in [0.15, 0.2) is 24.3 Å². The number of carbonyl (C=O) groups excluding carboxylic acids is 1. The number of rotatable bonds is 3. The zero-order valence-corrected chi connectivity index (χ0v) is 11.2. The van der Waals surface area contributed by atoms with Crippen molar-refractivity contribution in [1.29, 1.82) is 0 Å². The molecule has 18 heavy (non-hydrogen) atoms. The first-order valence-electron chi connectivity index (χ1n) is 6.57. The van der Waals surface area contributed by atoms with E-state index in [1.54, 1.807) is 0 Å². The van der Waals surface area contributed by atoms with Crippen LogP contribution in [0.1, 0.15) is 28.8 Å². The Balaban J connectivity index is 1.84. The summed E-state index contributed by atoms with van der Waals surface area (Å²) in [6, 6.07) is 7.55. The van der Waals surface area contributed by atoms with Gasteiger partial charge < -0.3 is 9.64 Å². The summed E-state index contributed by atoms with van der Waals surface area (Å²) in [5, 5.41) is 0. The second kappa shape index (κ2) is 6.01. The Kier molecular flexibility index (Phi) is 4.37. The first-order chi connectivity index (χ1) is 8.65. The van der Waals surface area contributed by atoms with E-state index in [9.17, 15) is 4.79 Å². The van der Waals surface area contributed by atoms with Crippen molar-refractivity contribution in [3.8, 4) is 0 Å². The molecular formula is C15H21NO2. The molecule has 0 radical (unpaired) electrons. The molecule has 0 aliphatic carbocycles.